The predicted molar refractivity (Wildman–Crippen MR) is 85.4 cm³/mol. The van der Waals surface area contributed by atoms with Crippen LogP contribution in [0.1, 0.15) is 16.1 Å². The minimum atomic E-state index is -0.523. The molecule has 0 aliphatic rings. The number of thiophene rings is 1. The smallest absolute Gasteiger partial charge is 0.338 e. The summed E-state index contributed by atoms with van der Waals surface area (Å²) in [6.07, 6.45) is 0. The Bertz CT molecular complexity index is 779. The van der Waals surface area contributed by atoms with Crippen molar-refractivity contribution in [1.82, 2.24) is 5.16 Å². The van der Waals surface area contributed by atoms with Crippen LogP contribution in [0.5, 0.6) is 0 Å². The fourth-order valence-corrected chi connectivity index (χ4v) is 3.01. The molecule has 0 saturated carbocycles. The highest BCUT2D eigenvalue weighted by molar-refractivity contribution is 7.13. The second-order valence-corrected chi connectivity index (χ2v) is 6.21. The summed E-state index contributed by atoms with van der Waals surface area (Å²) in [6.45, 7) is 0.0117. The van der Waals surface area contributed by atoms with E-state index in [0.717, 1.165) is 4.88 Å². The van der Waals surface area contributed by atoms with Crippen LogP contribution in [0.15, 0.2) is 46.3 Å². The van der Waals surface area contributed by atoms with Crippen molar-refractivity contribution < 1.29 is 14.1 Å². The lowest BCUT2D eigenvalue weighted by Gasteiger charge is -2.03. The molecule has 3 rings (SSSR count). The molecule has 0 unspecified atom stereocenters. The van der Waals surface area contributed by atoms with Gasteiger partial charge in [0.2, 0.25) is 0 Å². The molecule has 0 aliphatic heterocycles. The number of aromatic nitrogens is 1. The van der Waals surface area contributed by atoms with Gasteiger partial charge in [0.15, 0.2) is 5.76 Å². The lowest BCUT2D eigenvalue weighted by molar-refractivity contribution is 0.0464. The third kappa shape index (κ3) is 3.50. The molecular formula is C15H9Cl2NO3S. The molecule has 0 fully saturated rings. The van der Waals surface area contributed by atoms with E-state index in [9.17, 15) is 4.79 Å². The van der Waals surface area contributed by atoms with Gasteiger partial charge in [-0.3, -0.25) is 0 Å². The van der Waals surface area contributed by atoms with Crippen molar-refractivity contribution in [2.45, 2.75) is 6.61 Å². The Kier molecular flexibility index (Phi) is 4.47. The summed E-state index contributed by atoms with van der Waals surface area (Å²) < 4.78 is 10.4. The van der Waals surface area contributed by atoms with Crippen LogP contribution in [-0.2, 0) is 11.3 Å². The predicted octanol–water partition coefficient (Wildman–Crippen LogP) is 5.07. The standard InChI is InChI=1S/C15H9Cl2NO3S/c16-10-4-9(5-11(17)6-10)15(19)20-8-12-7-13(21-18-12)14-2-1-3-22-14/h1-7H,8H2. The van der Waals surface area contributed by atoms with E-state index in [4.69, 9.17) is 32.5 Å². The lowest BCUT2D eigenvalue weighted by Crippen LogP contribution is -2.05. The van der Waals surface area contributed by atoms with Crippen LogP contribution >= 0.6 is 34.5 Å². The largest absolute Gasteiger partial charge is 0.455 e. The van der Waals surface area contributed by atoms with Gasteiger partial charge in [0.25, 0.3) is 0 Å². The zero-order valence-electron chi connectivity index (χ0n) is 11.1. The van der Waals surface area contributed by atoms with Crippen molar-refractivity contribution in [3.8, 4) is 10.6 Å². The molecule has 112 valence electrons. The van der Waals surface area contributed by atoms with Crippen LogP contribution in [-0.4, -0.2) is 11.1 Å². The summed E-state index contributed by atoms with van der Waals surface area (Å²) >= 11 is 13.2. The summed E-state index contributed by atoms with van der Waals surface area (Å²) in [7, 11) is 0. The number of hydrogen-bond donors (Lipinski definition) is 0. The fourth-order valence-electron chi connectivity index (χ4n) is 1.81. The third-order valence-electron chi connectivity index (χ3n) is 2.77. The van der Waals surface area contributed by atoms with E-state index >= 15 is 0 Å². The summed E-state index contributed by atoms with van der Waals surface area (Å²) in [5, 5.41) is 6.57. The molecule has 0 radical (unpaired) electrons. The van der Waals surface area contributed by atoms with Crippen LogP contribution in [0.3, 0.4) is 0 Å². The number of esters is 1. The maximum Gasteiger partial charge on any atom is 0.338 e. The Morgan fingerprint density at radius 2 is 2.00 bits per heavy atom. The molecule has 7 heteroatoms. The average Bonchev–Trinajstić information content (AvgIpc) is 3.14. The number of carbonyl (C=O) groups excluding carboxylic acids is 1. The van der Waals surface area contributed by atoms with E-state index < -0.39 is 5.97 Å². The Labute approximate surface area is 140 Å². The molecule has 0 spiro atoms. The molecule has 0 bridgehead atoms. The highest BCUT2D eigenvalue weighted by Gasteiger charge is 2.12. The first-order valence-corrected chi connectivity index (χ1v) is 7.88. The topological polar surface area (TPSA) is 52.3 Å². The molecule has 4 nitrogen and oxygen atoms in total. The maximum absolute atomic E-state index is 12.0. The molecule has 0 N–H and O–H groups in total. The number of halogens is 2. The SMILES string of the molecule is O=C(OCc1cc(-c2cccs2)on1)c1cc(Cl)cc(Cl)c1. The van der Waals surface area contributed by atoms with Gasteiger partial charge >= 0.3 is 5.97 Å². The zero-order chi connectivity index (χ0) is 15.5. The third-order valence-corrected chi connectivity index (χ3v) is 4.09. The molecule has 22 heavy (non-hydrogen) atoms. The maximum atomic E-state index is 12.0. The van der Waals surface area contributed by atoms with Crippen LogP contribution in [0.2, 0.25) is 10.0 Å². The van der Waals surface area contributed by atoms with Crippen molar-refractivity contribution in [3.05, 3.63) is 63.1 Å². The van der Waals surface area contributed by atoms with Gasteiger partial charge in [-0.25, -0.2) is 4.79 Å². The Morgan fingerprint density at radius 3 is 2.68 bits per heavy atom. The summed E-state index contributed by atoms with van der Waals surface area (Å²) in [5.74, 6) is 0.122. The summed E-state index contributed by atoms with van der Waals surface area (Å²) in [6, 6.07) is 10.1. The zero-order valence-corrected chi connectivity index (χ0v) is 13.4. The molecule has 0 aliphatic carbocycles. The van der Waals surface area contributed by atoms with Gasteiger partial charge in [-0.15, -0.1) is 11.3 Å². The second kappa shape index (κ2) is 6.52. The number of nitrogens with zero attached hydrogens (tertiary/aromatic N) is 1. The van der Waals surface area contributed by atoms with E-state index in [1.54, 1.807) is 23.5 Å². The van der Waals surface area contributed by atoms with Crippen molar-refractivity contribution in [3.63, 3.8) is 0 Å². The fraction of sp³-hybridized carbons (Fsp3) is 0.0667. The highest BCUT2D eigenvalue weighted by atomic mass is 35.5. The van der Waals surface area contributed by atoms with Crippen LogP contribution in [0.25, 0.3) is 10.6 Å². The molecular weight excluding hydrogens is 345 g/mol. The molecule has 0 saturated heterocycles. The minimum Gasteiger partial charge on any atom is -0.455 e. The van der Waals surface area contributed by atoms with Gasteiger partial charge in [-0.05, 0) is 29.6 Å². The number of benzene rings is 1. The van der Waals surface area contributed by atoms with E-state index in [-0.39, 0.29) is 6.61 Å². The van der Waals surface area contributed by atoms with Gasteiger partial charge in [0.1, 0.15) is 12.3 Å². The quantitative estimate of drug-likeness (QED) is 0.614. The van der Waals surface area contributed by atoms with E-state index in [1.165, 1.54) is 12.1 Å². The molecule has 3 aromatic rings. The minimum absolute atomic E-state index is 0.0117. The van der Waals surface area contributed by atoms with Crippen LogP contribution in [0.4, 0.5) is 0 Å². The van der Waals surface area contributed by atoms with Crippen molar-refractivity contribution in [2.24, 2.45) is 0 Å². The first-order chi connectivity index (χ1) is 10.6. The summed E-state index contributed by atoms with van der Waals surface area (Å²) in [4.78, 5) is 12.9. The van der Waals surface area contributed by atoms with Crippen LogP contribution in [0, 0.1) is 0 Å². The van der Waals surface area contributed by atoms with Crippen molar-refractivity contribution >= 4 is 40.5 Å². The first-order valence-electron chi connectivity index (χ1n) is 6.24. The molecule has 0 atom stereocenters. The molecule has 0 amide bonds. The van der Waals surface area contributed by atoms with Gasteiger partial charge in [-0.2, -0.15) is 0 Å². The number of ether oxygens (including phenoxy) is 1. The Hall–Kier alpha value is -1.82. The van der Waals surface area contributed by atoms with Gasteiger partial charge in [0.05, 0.1) is 10.4 Å². The van der Waals surface area contributed by atoms with Crippen molar-refractivity contribution in [1.29, 1.82) is 0 Å². The number of rotatable bonds is 4. The lowest BCUT2D eigenvalue weighted by atomic mass is 10.2. The Balaban J connectivity index is 1.66. The normalized spacial score (nSPS) is 10.6. The summed E-state index contributed by atoms with van der Waals surface area (Å²) in [5.41, 5.74) is 0.823. The number of carbonyl (C=O) groups is 1. The van der Waals surface area contributed by atoms with Crippen LogP contribution < -0.4 is 0 Å². The molecule has 2 heterocycles. The Morgan fingerprint density at radius 1 is 1.23 bits per heavy atom. The molecule has 1 aromatic carbocycles. The van der Waals surface area contributed by atoms with Gasteiger partial charge in [0, 0.05) is 16.1 Å². The second-order valence-electron chi connectivity index (χ2n) is 4.39. The van der Waals surface area contributed by atoms with E-state index in [2.05, 4.69) is 5.16 Å². The van der Waals surface area contributed by atoms with E-state index in [0.29, 0.717) is 27.1 Å². The highest BCUT2D eigenvalue weighted by Crippen LogP contribution is 2.25. The van der Waals surface area contributed by atoms with Gasteiger partial charge in [-0.1, -0.05) is 34.4 Å². The average molecular weight is 354 g/mol. The molecule has 2 aromatic heterocycles. The monoisotopic (exact) mass is 353 g/mol. The number of hydrogen-bond acceptors (Lipinski definition) is 5. The van der Waals surface area contributed by atoms with Gasteiger partial charge < -0.3 is 9.26 Å². The first kappa shape index (κ1) is 15.1. The van der Waals surface area contributed by atoms with E-state index in [1.807, 2.05) is 17.5 Å². The van der Waals surface area contributed by atoms with Crippen molar-refractivity contribution in [2.75, 3.05) is 0 Å².